The van der Waals surface area contributed by atoms with Crippen molar-refractivity contribution in [1.82, 2.24) is 0 Å². The van der Waals surface area contributed by atoms with Crippen LogP contribution in [0.1, 0.15) is 24.5 Å². The Bertz CT molecular complexity index is 731. The van der Waals surface area contributed by atoms with E-state index in [2.05, 4.69) is 9.50 Å². The van der Waals surface area contributed by atoms with Crippen LogP contribution in [0.15, 0.2) is 6.07 Å². The maximum absolute atomic E-state index is 12.5. The molecule has 0 saturated carbocycles. The smallest absolute Gasteiger partial charge is 0.373 e. The Morgan fingerprint density at radius 1 is 1.32 bits per heavy atom. The first kappa shape index (κ1) is 16.9. The molecule has 10 heteroatoms. The molecule has 0 unspecified atom stereocenters. The summed E-state index contributed by atoms with van der Waals surface area (Å²) < 4.78 is 64.3. The SMILES string of the molecule is CC(=O)Nc1cc(Cl)c2c(c1OS(=O)(=O)C(F)(F)F)CCC2. The first-order chi connectivity index (χ1) is 10.0. The zero-order valence-corrected chi connectivity index (χ0v) is 12.8. The fourth-order valence-electron chi connectivity index (χ4n) is 2.23. The zero-order valence-electron chi connectivity index (χ0n) is 11.3. The summed E-state index contributed by atoms with van der Waals surface area (Å²) >= 11 is 6.01. The third-order valence-electron chi connectivity index (χ3n) is 3.08. The van der Waals surface area contributed by atoms with Gasteiger partial charge in [-0.1, -0.05) is 11.6 Å². The first-order valence-corrected chi connectivity index (χ1v) is 7.94. The van der Waals surface area contributed by atoms with E-state index in [9.17, 15) is 26.4 Å². The van der Waals surface area contributed by atoms with E-state index in [0.29, 0.717) is 24.8 Å². The highest BCUT2D eigenvalue weighted by Gasteiger charge is 2.49. The van der Waals surface area contributed by atoms with Gasteiger partial charge in [0.05, 0.1) is 5.69 Å². The van der Waals surface area contributed by atoms with E-state index in [4.69, 9.17) is 11.6 Å². The zero-order chi connectivity index (χ0) is 16.7. The normalized spacial score (nSPS) is 14.6. The fourth-order valence-corrected chi connectivity index (χ4v) is 3.06. The molecule has 1 aromatic rings. The molecule has 2 rings (SSSR count). The molecule has 0 fully saturated rings. The number of carbonyl (C=O) groups excluding carboxylic acids is 1. The van der Waals surface area contributed by atoms with E-state index in [-0.39, 0.29) is 16.3 Å². The number of nitrogens with one attached hydrogen (secondary N) is 1. The van der Waals surface area contributed by atoms with Crippen LogP contribution in [0.4, 0.5) is 18.9 Å². The Balaban J connectivity index is 2.58. The molecule has 0 bridgehead atoms. The Morgan fingerprint density at radius 2 is 1.91 bits per heavy atom. The lowest BCUT2D eigenvalue weighted by atomic mass is 10.1. The van der Waals surface area contributed by atoms with Gasteiger partial charge in [-0.2, -0.15) is 21.6 Å². The molecule has 0 atom stereocenters. The van der Waals surface area contributed by atoms with E-state index in [0.717, 1.165) is 6.92 Å². The number of benzene rings is 1. The largest absolute Gasteiger partial charge is 0.534 e. The van der Waals surface area contributed by atoms with Crippen molar-refractivity contribution in [3.8, 4) is 5.75 Å². The Hall–Kier alpha value is -1.48. The molecule has 0 aliphatic heterocycles. The highest BCUT2D eigenvalue weighted by molar-refractivity contribution is 7.88. The van der Waals surface area contributed by atoms with Crippen LogP contribution in [0.3, 0.4) is 0 Å². The second-order valence-corrected chi connectivity index (χ2v) is 6.66. The van der Waals surface area contributed by atoms with Gasteiger partial charge in [-0.3, -0.25) is 4.79 Å². The third-order valence-corrected chi connectivity index (χ3v) is 4.37. The van der Waals surface area contributed by atoms with Gasteiger partial charge >= 0.3 is 15.6 Å². The number of rotatable bonds is 3. The molecule has 1 aliphatic carbocycles. The van der Waals surface area contributed by atoms with Gasteiger partial charge in [0.25, 0.3) is 0 Å². The lowest BCUT2D eigenvalue weighted by Gasteiger charge is -2.17. The van der Waals surface area contributed by atoms with Crippen molar-refractivity contribution in [3.05, 3.63) is 22.2 Å². The van der Waals surface area contributed by atoms with Gasteiger partial charge < -0.3 is 9.50 Å². The molecule has 1 N–H and O–H groups in total. The maximum Gasteiger partial charge on any atom is 0.534 e. The van der Waals surface area contributed by atoms with Crippen molar-refractivity contribution in [3.63, 3.8) is 0 Å². The van der Waals surface area contributed by atoms with Crippen LogP contribution in [0, 0.1) is 0 Å². The summed E-state index contributed by atoms with van der Waals surface area (Å²) in [6.07, 6.45) is 1.41. The molecule has 0 heterocycles. The van der Waals surface area contributed by atoms with Gasteiger partial charge in [-0.05, 0) is 30.9 Å². The average Bonchev–Trinajstić information content (AvgIpc) is 2.81. The summed E-state index contributed by atoms with van der Waals surface area (Å²) in [5.41, 5.74) is -4.97. The molecule has 0 aromatic heterocycles. The first-order valence-electron chi connectivity index (χ1n) is 6.15. The number of hydrogen-bond donors (Lipinski definition) is 1. The maximum atomic E-state index is 12.5. The summed E-state index contributed by atoms with van der Waals surface area (Å²) in [6.45, 7) is 1.13. The van der Waals surface area contributed by atoms with Crippen LogP contribution in [-0.4, -0.2) is 19.8 Å². The average molecular weight is 358 g/mol. The molecular weight excluding hydrogens is 347 g/mol. The van der Waals surface area contributed by atoms with Crippen molar-refractivity contribution in [1.29, 1.82) is 0 Å². The van der Waals surface area contributed by atoms with Gasteiger partial charge in [0.2, 0.25) is 5.91 Å². The fraction of sp³-hybridized carbons (Fsp3) is 0.417. The lowest BCUT2D eigenvalue weighted by Crippen LogP contribution is -2.29. The standard InChI is InChI=1S/C12H11ClF3NO4S/c1-6(18)17-10-5-9(13)7-3-2-4-8(7)11(10)21-22(19,20)12(14,15)16/h5H,2-4H2,1H3,(H,17,18). The van der Waals surface area contributed by atoms with Crippen molar-refractivity contribution >= 4 is 33.3 Å². The van der Waals surface area contributed by atoms with Crippen molar-refractivity contribution in [2.45, 2.75) is 31.7 Å². The lowest BCUT2D eigenvalue weighted by molar-refractivity contribution is -0.114. The molecule has 1 aromatic carbocycles. The number of hydrogen-bond acceptors (Lipinski definition) is 4. The number of amides is 1. The molecule has 22 heavy (non-hydrogen) atoms. The minimum Gasteiger partial charge on any atom is -0.373 e. The summed E-state index contributed by atoms with van der Waals surface area (Å²) in [5, 5.41) is 2.48. The third kappa shape index (κ3) is 3.14. The van der Waals surface area contributed by atoms with Crippen molar-refractivity contribution in [2.24, 2.45) is 0 Å². The van der Waals surface area contributed by atoms with Gasteiger partial charge in [-0.25, -0.2) is 0 Å². The van der Waals surface area contributed by atoms with Crippen molar-refractivity contribution < 1.29 is 30.6 Å². The highest BCUT2D eigenvalue weighted by atomic mass is 35.5. The van der Waals surface area contributed by atoms with E-state index in [1.54, 1.807) is 0 Å². The predicted molar refractivity (Wildman–Crippen MR) is 73.4 cm³/mol. The number of fused-ring (bicyclic) bond motifs is 1. The minimum atomic E-state index is -5.84. The molecule has 0 saturated heterocycles. The van der Waals surface area contributed by atoms with Crippen LogP contribution >= 0.6 is 11.6 Å². The summed E-state index contributed by atoms with van der Waals surface area (Å²) in [5.74, 6) is -1.12. The van der Waals surface area contributed by atoms with Crippen LogP contribution in [0.25, 0.3) is 0 Å². The topological polar surface area (TPSA) is 72.5 Å². The Kier molecular flexibility index (Phi) is 4.31. The van der Waals surface area contributed by atoms with Crippen LogP contribution in [-0.2, 0) is 27.8 Å². The van der Waals surface area contributed by atoms with Gasteiger partial charge in [0.15, 0.2) is 5.75 Å². The summed E-state index contributed by atoms with van der Waals surface area (Å²) in [4.78, 5) is 11.2. The minimum absolute atomic E-state index is 0.203. The molecule has 0 spiro atoms. The second kappa shape index (κ2) is 5.62. The van der Waals surface area contributed by atoms with E-state index >= 15 is 0 Å². The molecule has 122 valence electrons. The Morgan fingerprint density at radius 3 is 2.45 bits per heavy atom. The van der Waals surface area contributed by atoms with Gasteiger partial charge in [-0.15, -0.1) is 0 Å². The predicted octanol–water partition coefficient (Wildman–Crippen LogP) is 3.02. The van der Waals surface area contributed by atoms with Crippen LogP contribution < -0.4 is 9.50 Å². The quantitative estimate of drug-likeness (QED) is 0.666. The second-order valence-electron chi connectivity index (χ2n) is 4.71. The van der Waals surface area contributed by atoms with Crippen LogP contribution in [0.5, 0.6) is 5.75 Å². The summed E-state index contributed by atoms with van der Waals surface area (Å²) in [7, 11) is -5.84. The molecule has 0 radical (unpaired) electrons. The molecular formula is C12H11ClF3NO4S. The van der Waals surface area contributed by atoms with Crippen LogP contribution in [0.2, 0.25) is 5.02 Å². The summed E-state index contributed by atoms with van der Waals surface area (Å²) in [6, 6.07) is 1.19. The van der Waals surface area contributed by atoms with Crippen molar-refractivity contribution in [2.75, 3.05) is 5.32 Å². The van der Waals surface area contributed by atoms with Gasteiger partial charge in [0.1, 0.15) is 0 Å². The highest BCUT2D eigenvalue weighted by Crippen LogP contribution is 2.43. The van der Waals surface area contributed by atoms with E-state index in [1.807, 2.05) is 0 Å². The number of anilines is 1. The molecule has 5 nitrogen and oxygen atoms in total. The molecule has 1 amide bonds. The molecule has 1 aliphatic rings. The number of carbonyl (C=O) groups is 1. The Labute approximate surface area is 129 Å². The van der Waals surface area contributed by atoms with E-state index in [1.165, 1.54) is 6.07 Å². The number of alkyl halides is 3. The van der Waals surface area contributed by atoms with Gasteiger partial charge in [0, 0.05) is 17.5 Å². The van der Waals surface area contributed by atoms with E-state index < -0.39 is 27.3 Å². The monoisotopic (exact) mass is 357 g/mol. The number of halogens is 4.